The summed E-state index contributed by atoms with van der Waals surface area (Å²) in [5.41, 5.74) is 0.901. The second kappa shape index (κ2) is 7.36. The Morgan fingerprint density at radius 1 is 1.29 bits per heavy atom. The molecule has 0 spiro atoms. The van der Waals surface area contributed by atoms with Crippen molar-refractivity contribution in [2.75, 3.05) is 29.2 Å². The maximum Gasteiger partial charge on any atom is 0.225 e. The summed E-state index contributed by atoms with van der Waals surface area (Å²) in [7, 11) is -0.835. The number of aromatic nitrogens is 2. The van der Waals surface area contributed by atoms with Crippen LogP contribution >= 0.6 is 0 Å². The van der Waals surface area contributed by atoms with E-state index in [1.54, 1.807) is 6.26 Å². The van der Waals surface area contributed by atoms with E-state index in [4.69, 9.17) is 0 Å². The highest BCUT2D eigenvalue weighted by Crippen LogP contribution is 2.22. The fourth-order valence-electron chi connectivity index (χ4n) is 2.13. The Morgan fingerprint density at radius 2 is 2.05 bits per heavy atom. The second-order valence-electron chi connectivity index (χ2n) is 5.12. The van der Waals surface area contributed by atoms with Crippen molar-refractivity contribution < 1.29 is 4.21 Å². The summed E-state index contributed by atoms with van der Waals surface area (Å²) in [5, 5.41) is 7.55. The van der Waals surface area contributed by atoms with Crippen LogP contribution in [-0.4, -0.2) is 38.8 Å². The fourth-order valence-corrected chi connectivity index (χ4v) is 2.92. The Hall–Kier alpha value is -1.69. The number of anilines is 2. The minimum absolute atomic E-state index is 0.0909. The summed E-state index contributed by atoms with van der Waals surface area (Å²) in [6.07, 6.45) is 2.73. The highest BCUT2D eigenvalue weighted by atomic mass is 32.2. The van der Waals surface area contributed by atoms with Gasteiger partial charge in [0.15, 0.2) is 0 Å². The maximum absolute atomic E-state index is 11.3. The van der Waals surface area contributed by atoms with Crippen molar-refractivity contribution in [3.8, 4) is 0 Å². The number of nitrogens with zero attached hydrogens (tertiary/aromatic N) is 2. The molecule has 1 aromatic heterocycles. The summed E-state index contributed by atoms with van der Waals surface area (Å²) >= 11 is 0. The molecule has 114 valence electrons. The zero-order valence-corrected chi connectivity index (χ0v) is 13.5. The average molecular weight is 306 g/mol. The first-order valence-electron chi connectivity index (χ1n) is 7.17. The SMILES string of the molecule is CCCNc1nc(NC(C)CS(C)=O)c2ccccc2n1. The molecule has 5 nitrogen and oxygen atoms in total. The van der Waals surface area contributed by atoms with E-state index >= 15 is 0 Å². The Labute approximate surface area is 128 Å². The smallest absolute Gasteiger partial charge is 0.225 e. The third-order valence-corrected chi connectivity index (χ3v) is 3.97. The van der Waals surface area contributed by atoms with Crippen molar-refractivity contribution in [2.45, 2.75) is 26.3 Å². The molecule has 1 heterocycles. The van der Waals surface area contributed by atoms with E-state index in [-0.39, 0.29) is 6.04 Å². The van der Waals surface area contributed by atoms with Crippen LogP contribution in [0.5, 0.6) is 0 Å². The van der Waals surface area contributed by atoms with Crippen LogP contribution in [0.3, 0.4) is 0 Å². The van der Waals surface area contributed by atoms with E-state index in [0.717, 1.165) is 29.7 Å². The molecule has 6 heteroatoms. The van der Waals surface area contributed by atoms with Gasteiger partial charge in [0.1, 0.15) is 5.82 Å². The first-order chi connectivity index (χ1) is 10.1. The zero-order valence-electron chi connectivity index (χ0n) is 12.7. The van der Waals surface area contributed by atoms with Gasteiger partial charge in [-0.15, -0.1) is 0 Å². The van der Waals surface area contributed by atoms with Gasteiger partial charge in [-0.3, -0.25) is 4.21 Å². The fraction of sp³-hybridized carbons (Fsp3) is 0.467. The quantitative estimate of drug-likeness (QED) is 0.823. The Balaban J connectivity index is 2.32. The molecule has 0 saturated carbocycles. The number of nitrogens with one attached hydrogen (secondary N) is 2. The molecule has 0 radical (unpaired) electrons. The normalized spacial score (nSPS) is 13.9. The standard InChI is InChI=1S/C15H22N4OS/c1-4-9-16-15-18-13-8-6-5-7-12(13)14(19-15)17-11(2)10-21(3)20/h5-8,11H,4,9-10H2,1-3H3,(H2,16,17,18,19). The number of benzene rings is 1. The molecule has 21 heavy (non-hydrogen) atoms. The van der Waals surface area contributed by atoms with Gasteiger partial charge in [-0.25, -0.2) is 4.98 Å². The first-order valence-corrected chi connectivity index (χ1v) is 8.90. The molecule has 0 aliphatic rings. The van der Waals surface area contributed by atoms with E-state index in [9.17, 15) is 4.21 Å². The van der Waals surface area contributed by atoms with Gasteiger partial charge in [-0.1, -0.05) is 19.1 Å². The van der Waals surface area contributed by atoms with Gasteiger partial charge in [0.05, 0.1) is 5.52 Å². The molecule has 2 aromatic rings. The number of hydrogen-bond donors (Lipinski definition) is 2. The molecule has 2 N–H and O–H groups in total. The molecular weight excluding hydrogens is 284 g/mol. The van der Waals surface area contributed by atoms with Gasteiger partial charge < -0.3 is 10.6 Å². The van der Waals surface area contributed by atoms with E-state index in [1.807, 2.05) is 31.2 Å². The minimum atomic E-state index is -0.835. The topological polar surface area (TPSA) is 66.9 Å². The van der Waals surface area contributed by atoms with Crippen molar-refractivity contribution >= 4 is 33.5 Å². The molecule has 0 fully saturated rings. The lowest BCUT2D eigenvalue weighted by molar-refractivity contribution is 0.683. The molecule has 2 atom stereocenters. The molecular formula is C15H22N4OS. The predicted octanol–water partition coefficient (Wildman–Crippen LogP) is 2.63. The van der Waals surface area contributed by atoms with Gasteiger partial charge in [-0.2, -0.15) is 4.98 Å². The van der Waals surface area contributed by atoms with Crippen LogP contribution in [-0.2, 0) is 10.8 Å². The van der Waals surface area contributed by atoms with E-state index in [0.29, 0.717) is 11.7 Å². The summed E-state index contributed by atoms with van der Waals surface area (Å²) in [5.74, 6) is 2.01. The van der Waals surface area contributed by atoms with E-state index in [1.165, 1.54) is 0 Å². The van der Waals surface area contributed by atoms with Gasteiger partial charge >= 0.3 is 0 Å². The first kappa shape index (κ1) is 15.7. The van der Waals surface area contributed by atoms with E-state index < -0.39 is 10.8 Å². The molecule has 0 aliphatic heterocycles. The predicted molar refractivity (Wildman–Crippen MR) is 90.3 cm³/mol. The van der Waals surface area contributed by atoms with Gasteiger partial charge in [-0.05, 0) is 25.5 Å². The molecule has 2 rings (SSSR count). The molecule has 0 bridgehead atoms. The average Bonchev–Trinajstić information content (AvgIpc) is 2.44. The number of hydrogen-bond acceptors (Lipinski definition) is 5. The number of fused-ring (bicyclic) bond motifs is 1. The summed E-state index contributed by atoms with van der Waals surface area (Å²) < 4.78 is 11.3. The van der Waals surface area contributed by atoms with Gasteiger partial charge in [0.2, 0.25) is 5.95 Å². The highest BCUT2D eigenvalue weighted by Gasteiger charge is 2.11. The van der Waals surface area contributed by atoms with Crippen molar-refractivity contribution in [3.05, 3.63) is 24.3 Å². The van der Waals surface area contributed by atoms with Crippen LogP contribution in [0.4, 0.5) is 11.8 Å². The molecule has 0 amide bonds. The third-order valence-electron chi connectivity index (χ3n) is 3.00. The second-order valence-corrected chi connectivity index (χ2v) is 6.60. The number of rotatable bonds is 7. The summed E-state index contributed by atoms with van der Waals surface area (Å²) in [6, 6.07) is 8.00. The Kier molecular flexibility index (Phi) is 5.50. The summed E-state index contributed by atoms with van der Waals surface area (Å²) in [4.78, 5) is 9.07. The zero-order chi connectivity index (χ0) is 15.2. The van der Waals surface area contributed by atoms with Crippen molar-refractivity contribution in [1.82, 2.24) is 9.97 Å². The van der Waals surface area contributed by atoms with Crippen LogP contribution in [0.1, 0.15) is 20.3 Å². The third kappa shape index (κ3) is 4.39. The molecule has 2 unspecified atom stereocenters. The van der Waals surface area contributed by atoms with Crippen molar-refractivity contribution in [3.63, 3.8) is 0 Å². The monoisotopic (exact) mass is 306 g/mol. The van der Waals surface area contributed by atoms with Crippen LogP contribution < -0.4 is 10.6 Å². The number of para-hydroxylation sites is 1. The lowest BCUT2D eigenvalue weighted by Crippen LogP contribution is -2.23. The Bertz CT molecular complexity index is 632. The van der Waals surface area contributed by atoms with Crippen LogP contribution in [0.25, 0.3) is 10.9 Å². The summed E-state index contributed by atoms with van der Waals surface area (Å²) in [6.45, 7) is 4.95. The lowest BCUT2D eigenvalue weighted by atomic mass is 10.2. The maximum atomic E-state index is 11.3. The van der Waals surface area contributed by atoms with Crippen molar-refractivity contribution in [2.24, 2.45) is 0 Å². The minimum Gasteiger partial charge on any atom is -0.366 e. The lowest BCUT2D eigenvalue weighted by Gasteiger charge is -2.16. The largest absolute Gasteiger partial charge is 0.366 e. The molecule has 0 aliphatic carbocycles. The van der Waals surface area contributed by atoms with Gasteiger partial charge in [0.25, 0.3) is 0 Å². The van der Waals surface area contributed by atoms with Crippen LogP contribution in [0.15, 0.2) is 24.3 Å². The molecule has 1 aromatic carbocycles. The van der Waals surface area contributed by atoms with E-state index in [2.05, 4.69) is 27.5 Å². The Morgan fingerprint density at radius 3 is 2.76 bits per heavy atom. The molecule has 0 saturated heterocycles. The van der Waals surface area contributed by atoms with Crippen LogP contribution in [0.2, 0.25) is 0 Å². The highest BCUT2D eigenvalue weighted by molar-refractivity contribution is 7.84. The van der Waals surface area contributed by atoms with Crippen molar-refractivity contribution in [1.29, 1.82) is 0 Å². The van der Waals surface area contributed by atoms with Gasteiger partial charge in [0, 0.05) is 40.8 Å². The van der Waals surface area contributed by atoms with Crippen LogP contribution in [0, 0.1) is 0 Å².